The molecule has 15 aromatic carbocycles. The van der Waals surface area contributed by atoms with Gasteiger partial charge < -0.3 is 37.7 Å². The second-order valence-electron chi connectivity index (χ2n) is 35.2. The van der Waals surface area contributed by atoms with Crippen molar-refractivity contribution in [3.05, 3.63) is 455 Å². The predicted molar refractivity (Wildman–Crippen MR) is 569 cm³/mol. The van der Waals surface area contributed by atoms with Gasteiger partial charge in [0.25, 0.3) is 41.6 Å². The molecule has 660 valence electrons. The molecule has 0 fully saturated rings. The van der Waals surface area contributed by atoms with E-state index in [4.69, 9.17) is 25.3 Å². The lowest BCUT2D eigenvalue weighted by Gasteiger charge is -2.50. The molecule has 0 saturated heterocycles. The molecule has 0 aliphatic carbocycles. The molecule has 0 N–H and O–H groups in total. The van der Waals surface area contributed by atoms with Gasteiger partial charge in [0, 0.05) is 18.5 Å². The second-order valence-corrected chi connectivity index (χ2v) is 75.9. The van der Waals surface area contributed by atoms with E-state index in [0.29, 0.717) is 18.5 Å². The highest BCUT2D eigenvalue weighted by atomic mass is 28.5. The van der Waals surface area contributed by atoms with Crippen LogP contribution in [0.15, 0.2) is 455 Å². The average molecular weight is 1920 g/mol. The van der Waals surface area contributed by atoms with Crippen LogP contribution in [-0.2, 0) is 42.5 Å². The van der Waals surface area contributed by atoms with Crippen molar-refractivity contribution in [3.8, 4) is 0 Å². The van der Waals surface area contributed by atoms with Crippen molar-refractivity contribution in [1.82, 2.24) is 0 Å². The van der Waals surface area contributed by atoms with Gasteiger partial charge in [-0.1, -0.05) is 462 Å². The number of benzene rings is 15. The lowest BCUT2D eigenvalue weighted by molar-refractivity contribution is -0.143. The summed E-state index contributed by atoms with van der Waals surface area (Å²) in [5, 5.41) is 16.7. The summed E-state index contributed by atoms with van der Waals surface area (Å²) in [6, 6.07) is 169. The Hall–Kier alpha value is -9.95. The third kappa shape index (κ3) is 22.0. The molecule has 0 radical (unpaired) electrons. The molecule has 0 bridgehead atoms. The molecule has 0 aliphatic heterocycles. The monoisotopic (exact) mass is 1910 g/mol. The molecule has 15 rings (SSSR count). The summed E-state index contributed by atoms with van der Waals surface area (Å²) >= 11 is 0. The van der Waals surface area contributed by atoms with Crippen LogP contribution in [-0.4, -0.2) is 116 Å². The molecular formula is C108H120O10Si12. The van der Waals surface area contributed by atoms with Crippen molar-refractivity contribution in [3.63, 3.8) is 0 Å². The molecule has 0 heterocycles. The first-order valence-electron chi connectivity index (χ1n) is 45.9. The summed E-state index contributed by atoms with van der Waals surface area (Å²) in [5.74, 6) is -0.254. The summed E-state index contributed by atoms with van der Waals surface area (Å²) in [6.07, 6.45) is 0.709. The van der Waals surface area contributed by atoms with Gasteiger partial charge in [0.2, 0.25) is 0 Å². The normalized spacial score (nSPS) is 13.2. The van der Waals surface area contributed by atoms with E-state index in [1.807, 2.05) is 6.92 Å². The van der Waals surface area contributed by atoms with Gasteiger partial charge in [-0.05, 0) is 154 Å². The molecule has 130 heavy (non-hydrogen) atoms. The minimum atomic E-state index is -4.87. The average Bonchev–Trinajstić information content (AvgIpc) is 0.707. The van der Waals surface area contributed by atoms with E-state index >= 15 is 0 Å². The van der Waals surface area contributed by atoms with Gasteiger partial charge in [-0.3, -0.25) is 4.79 Å². The first-order valence-corrected chi connectivity index (χ1v) is 71.8. The Morgan fingerprint density at radius 3 is 0.569 bits per heavy atom. The van der Waals surface area contributed by atoms with Gasteiger partial charge in [0.05, 0.1) is 6.61 Å². The van der Waals surface area contributed by atoms with Gasteiger partial charge in [-0.25, -0.2) is 0 Å². The van der Waals surface area contributed by atoms with Gasteiger partial charge in [-0.15, -0.1) is 0 Å². The summed E-state index contributed by atoms with van der Waals surface area (Å²) in [7, 11) is -39.2. The Bertz CT molecular complexity index is 4990. The van der Waals surface area contributed by atoms with E-state index in [2.05, 4.69) is 494 Å². The van der Waals surface area contributed by atoms with Gasteiger partial charge in [0.15, 0.2) is 25.0 Å². The lowest BCUT2D eigenvalue weighted by atomic mass is 10.3. The summed E-state index contributed by atoms with van der Waals surface area (Å²) in [5.41, 5.74) is 0. The highest BCUT2D eigenvalue weighted by molar-refractivity contribution is 7.17. The minimum Gasteiger partial charge on any atom is -0.466 e. The molecular weight excluding hydrogens is 1790 g/mol. The lowest BCUT2D eigenvalue weighted by Crippen LogP contribution is -2.82. The zero-order valence-electron chi connectivity index (χ0n) is 75.9. The van der Waals surface area contributed by atoms with Crippen LogP contribution in [0.2, 0.25) is 81.6 Å². The summed E-state index contributed by atoms with van der Waals surface area (Å²) in [6.45, 7) is 16.3. The van der Waals surface area contributed by atoms with Crippen LogP contribution in [0.3, 0.4) is 0 Å². The van der Waals surface area contributed by atoms with Crippen molar-refractivity contribution in [1.29, 1.82) is 0 Å². The summed E-state index contributed by atoms with van der Waals surface area (Å²) < 4.78 is 76.3. The fourth-order valence-electron chi connectivity index (χ4n) is 18.6. The molecule has 0 spiro atoms. The maximum atomic E-state index is 13.6. The van der Waals surface area contributed by atoms with Crippen LogP contribution in [0.4, 0.5) is 0 Å². The molecule has 0 aromatic heterocycles. The van der Waals surface area contributed by atoms with Crippen molar-refractivity contribution >= 4 is 187 Å². The smallest absolute Gasteiger partial charge is 0.466 e. The van der Waals surface area contributed by atoms with E-state index in [9.17, 15) is 17.1 Å². The topological polar surface area (TPSA) is 100 Å². The van der Waals surface area contributed by atoms with Crippen molar-refractivity contribution in [2.75, 3.05) is 6.61 Å². The number of rotatable bonds is 45. The van der Waals surface area contributed by atoms with E-state index in [0.717, 1.165) is 70.9 Å². The molecule has 22 heteroatoms. The van der Waals surface area contributed by atoms with E-state index in [1.165, 1.54) is 31.1 Å². The highest BCUT2D eigenvalue weighted by Gasteiger charge is 2.64. The molecule has 0 amide bonds. The van der Waals surface area contributed by atoms with Crippen LogP contribution in [0.1, 0.15) is 19.8 Å². The second kappa shape index (κ2) is 44.1. The third-order valence-electron chi connectivity index (χ3n) is 24.6. The van der Waals surface area contributed by atoms with Crippen LogP contribution < -0.4 is 77.8 Å². The van der Waals surface area contributed by atoms with E-state index in [-0.39, 0.29) is 25.0 Å². The molecule has 0 unspecified atom stereocenters. The first kappa shape index (κ1) is 94.7. The Labute approximate surface area is 786 Å². The van der Waals surface area contributed by atoms with Crippen molar-refractivity contribution in [2.24, 2.45) is 0 Å². The van der Waals surface area contributed by atoms with Crippen LogP contribution >= 0.6 is 0 Å². The summed E-state index contributed by atoms with van der Waals surface area (Å²) in [4.78, 5) is 13.6. The number of hydrogen-bond donors (Lipinski definition) is 0. The van der Waals surface area contributed by atoms with Gasteiger partial charge in [0.1, 0.15) is 19.5 Å². The fraction of sp³-hybridized carbons (Fsp3) is 0.157. The predicted octanol–water partition coefficient (Wildman–Crippen LogP) is 14.3. The number of ether oxygens (including phenoxy) is 1. The van der Waals surface area contributed by atoms with Crippen LogP contribution in [0.25, 0.3) is 0 Å². The van der Waals surface area contributed by atoms with Crippen LogP contribution in [0, 0.1) is 0 Å². The van der Waals surface area contributed by atoms with Crippen molar-refractivity contribution in [2.45, 2.75) is 101 Å². The maximum absolute atomic E-state index is 13.6. The zero-order valence-corrected chi connectivity index (χ0v) is 88.7. The molecule has 15 aromatic rings. The maximum Gasteiger partial charge on any atom is 0.471 e. The highest BCUT2D eigenvalue weighted by Crippen LogP contribution is 2.39. The fourth-order valence-corrected chi connectivity index (χ4v) is 80.2. The Kier molecular flexibility index (Phi) is 32.1. The number of hydrogen-bond acceptors (Lipinski definition) is 10. The Balaban J connectivity index is 0.925. The minimum absolute atomic E-state index is 0.175. The zero-order chi connectivity index (χ0) is 90.1. The van der Waals surface area contributed by atoms with Crippen molar-refractivity contribution < 1.29 is 42.5 Å². The molecule has 0 saturated carbocycles. The standard InChI is InChI=1S/C108H120O10Si12/c1-8-108(109)110-85-54-88-124(113-121(2,3)89-86-119-111-126(93-55-24-9-25-56-93,94-57-26-10-27-58-94)95-59-28-11-29-60-95,114-122(4,5)90-87-120-112-127(96-61-30-12-31-62-96,97-63-32-13-33-64-97)98-65-34-14-35-66-98)115-123(6,7)91-92-125(116-128(99-67-36-15-37-68-99,100-69-38-16-39-70-100)101-71-40-17-41-72-101,117-129(102-73-42-18-43-74-102,103-75-44-19-45-76-103)104-77-46-20-47-78-104)118-130(105-79-48-21-49-80-105,106-81-50-22-51-82-106)107-83-52-23-53-84-107/h9-53,55-84H,8,54,85-92,119-120H2,1-7H3. The molecule has 0 aliphatic rings. The quantitative estimate of drug-likeness (QED) is 0.0159. The van der Waals surface area contributed by atoms with E-state index < -0.39 is 104 Å². The largest absolute Gasteiger partial charge is 0.471 e. The number of esters is 1. The van der Waals surface area contributed by atoms with Gasteiger partial charge >= 0.3 is 23.6 Å². The first-order chi connectivity index (χ1) is 63.4. The number of carbonyl (C=O) groups excluding carboxylic acids is 1. The SMILES string of the molecule is CCC(=O)OCCC[Si](O[Si](C)(C)CC[SiH2]O[Si](c1ccccc1)(c1ccccc1)c1ccccc1)(O[Si](C)(C)CC[SiH2]O[Si](c1ccccc1)(c1ccccc1)c1ccccc1)O[Si](C)(C)CC[Si](O[Si](c1ccccc1)(c1ccccc1)c1ccccc1)(O[Si](c1ccccc1)(c1ccccc1)c1ccccc1)O[Si](c1ccccc1)(c1ccccc1)c1ccccc1. The Morgan fingerprint density at radius 1 is 0.215 bits per heavy atom. The third-order valence-corrected chi connectivity index (χ3v) is 74.3. The molecule has 10 nitrogen and oxygen atoms in total. The van der Waals surface area contributed by atoms with Crippen LogP contribution in [0.5, 0.6) is 0 Å². The van der Waals surface area contributed by atoms with Gasteiger partial charge in [-0.2, -0.15) is 0 Å². The number of carbonyl (C=O) groups is 1. The Morgan fingerprint density at radius 2 is 0.385 bits per heavy atom. The van der Waals surface area contributed by atoms with E-state index in [1.54, 1.807) is 0 Å². The molecule has 0 atom stereocenters.